The minimum absolute atomic E-state index is 0.568. The number of hydrogen-bond acceptors (Lipinski definition) is 5. The fraction of sp³-hybridized carbons (Fsp3) is 0.500. The third-order valence-electron chi connectivity index (χ3n) is 1.53. The number of esters is 2. The van der Waals surface area contributed by atoms with Crippen LogP contribution in [-0.4, -0.2) is 28.4 Å². The van der Waals surface area contributed by atoms with E-state index in [1.54, 1.807) is 0 Å². The fourth-order valence-corrected chi connectivity index (χ4v) is 0.773. The van der Waals surface area contributed by atoms with Crippen molar-refractivity contribution in [2.45, 2.75) is 18.9 Å². The molecule has 0 aromatic heterocycles. The van der Waals surface area contributed by atoms with Crippen LogP contribution < -0.4 is 0 Å². The highest BCUT2D eigenvalue weighted by Crippen LogP contribution is 2.21. The Morgan fingerprint density at radius 1 is 1.64 bits per heavy atom. The number of ether oxygens (including phenoxy) is 1. The minimum atomic E-state index is -2.23. The van der Waals surface area contributed by atoms with Gasteiger partial charge >= 0.3 is 11.9 Å². The second-order valence-corrected chi connectivity index (χ2v) is 2.35. The monoisotopic (exact) mass is 158 g/mol. The molecule has 1 rings (SSSR count). The smallest absolute Gasteiger partial charge is 0.354 e. The largest absolute Gasteiger partial charge is 0.391 e. The molecule has 0 aromatic rings. The molecule has 0 aromatic carbocycles. The van der Waals surface area contributed by atoms with Gasteiger partial charge < -0.3 is 9.84 Å². The van der Waals surface area contributed by atoms with Gasteiger partial charge in [-0.1, -0.05) is 0 Å². The van der Waals surface area contributed by atoms with Gasteiger partial charge in [-0.05, 0) is 6.92 Å². The van der Waals surface area contributed by atoms with Gasteiger partial charge in [-0.2, -0.15) is 0 Å². The fourth-order valence-electron chi connectivity index (χ4n) is 0.773. The molecule has 0 aliphatic carbocycles. The maximum Gasteiger partial charge on any atom is 0.354 e. The van der Waals surface area contributed by atoms with Gasteiger partial charge in [0.1, 0.15) is 0 Å². The van der Waals surface area contributed by atoms with E-state index >= 15 is 0 Å². The zero-order chi connectivity index (χ0) is 8.65. The Labute approximate surface area is 62.0 Å². The molecule has 1 aliphatic rings. The molecule has 0 spiro atoms. The Balaban J connectivity index is 2.96. The summed E-state index contributed by atoms with van der Waals surface area (Å²) in [6, 6.07) is 0. The van der Waals surface area contributed by atoms with Crippen LogP contribution in [0.1, 0.15) is 13.3 Å². The van der Waals surface area contributed by atoms with Crippen molar-refractivity contribution in [3.8, 4) is 0 Å². The molecule has 60 valence electrons. The lowest BCUT2D eigenvalue weighted by Gasteiger charge is -2.10. The molecule has 0 unspecified atom stereocenters. The molecule has 1 saturated heterocycles. The minimum Gasteiger partial charge on any atom is -0.391 e. The average Bonchev–Trinajstić information content (AvgIpc) is 2.08. The van der Waals surface area contributed by atoms with Crippen molar-refractivity contribution in [3.63, 3.8) is 0 Å². The molecule has 0 radical (unpaired) electrons. The maximum atomic E-state index is 10.6. The molecule has 0 saturated carbocycles. The molecule has 1 heterocycles. The van der Waals surface area contributed by atoms with E-state index in [-0.39, 0.29) is 0 Å². The molecule has 1 N–H and O–H groups in total. The van der Waals surface area contributed by atoms with E-state index in [9.17, 15) is 14.4 Å². The van der Waals surface area contributed by atoms with Crippen LogP contribution in [0.15, 0.2) is 0 Å². The van der Waals surface area contributed by atoms with Gasteiger partial charge in [0, 0.05) is 0 Å². The van der Waals surface area contributed by atoms with E-state index in [1.165, 1.54) is 0 Å². The zero-order valence-electron chi connectivity index (χ0n) is 5.79. The van der Waals surface area contributed by atoms with Gasteiger partial charge in [-0.3, -0.25) is 9.59 Å². The summed E-state index contributed by atoms with van der Waals surface area (Å²) in [6.07, 6.45) is -0.568. The molecule has 5 nitrogen and oxygen atoms in total. The van der Waals surface area contributed by atoms with Crippen LogP contribution in [0.3, 0.4) is 0 Å². The second-order valence-electron chi connectivity index (χ2n) is 2.35. The van der Waals surface area contributed by atoms with Gasteiger partial charge in [0.05, 0.1) is 6.42 Å². The highest BCUT2D eigenvalue weighted by Gasteiger charge is 2.51. The summed E-state index contributed by atoms with van der Waals surface area (Å²) in [4.78, 5) is 31.7. The van der Waals surface area contributed by atoms with Crippen molar-refractivity contribution in [2.24, 2.45) is 0 Å². The van der Waals surface area contributed by atoms with Crippen molar-refractivity contribution >= 4 is 17.7 Å². The predicted molar refractivity (Wildman–Crippen MR) is 31.3 cm³/mol. The summed E-state index contributed by atoms with van der Waals surface area (Å²) < 4.78 is 3.99. The predicted octanol–water partition coefficient (Wildman–Crippen LogP) is -1.22. The first-order valence-corrected chi connectivity index (χ1v) is 2.95. The SMILES string of the molecule is CC(=O)[C@]1(O)CC(=O)OC1=O. The van der Waals surface area contributed by atoms with E-state index in [0.29, 0.717) is 0 Å². The summed E-state index contributed by atoms with van der Waals surface area (Å²) in [5.41, 5.74) is -2.23. The molecular weight excluding hydrogens is 152 g/mol. The summed E-state index contributed by atoms with van der Waals surface area (Å²) in [5.74, 6) is -2.81. The number of rotatable bonds is 1. The van der Waals surface area contributed by atoms with Crippen LogP contribution in [0.25, 0.3) is 0 Å². The molecule has 1 fully saturated rings. The Kier molecular flexibility index (Phi) is 1.52. The first-order valence-electron chi connectivity index (χ1n) is 2.95. The summed E-state index contributed by atoms with van der Waals surface area (Å²) >= 11 is 0. The Bertz CT molecular complexity index is 243. The Hall–Kier alpha value is -1.23. The molecule has 5 heteroatoms. The van der Waals surface area contributed by atoms with Gasteiger partial charge in [-0.15, -0.1) is 0 Å². The standard InChI is InChI=1S/C6H6O5/c1-3(7)6(10)2-4(8)11-5(6)9/h10H,2H2,1H3/t6-/m1/s1. The average molecular weight is 158 g/mol. The van der Waals surface area contributed by atoms with Gasteiger partial charge in [0.15, 0.2) is 5.78 Å². The summed E-state index contributed by atoms with van der Waals surface area (Å²) in [7, 11) is 0. The van der Waals surface area contributed by atoms with E-state index in [1.807, 2.05) is 0 Å². The first kappa shape index (κ1) is 7.87. The van der Waals surface area contributed by atoms with Crippen LogP contribution in [-0.2, 0) is 19.1 Å². The number of carbonyl (C=O) groups excluding carboxylic acids is 3. The van der Waals surface area contributed by atoms with E-state index in [4.69, 9.17) is 5.11 Å². The summed E-state index contributed by atoms with van der Waals surface area (Å²) in [5, 5.41) is 9.16. The lowest BCUT2D eigenvalue weighted by atomic mass is 9.98. The van der Waals surface area contributed by atoms with E-state index < -0.39 is 29.7 Å². The van der Waals surface area contributed by atoms with E-state index in [2.05, 4.69) is 4.74 Å². The normalized spacial score (nSPS) is 30.4. The van der Waals surface area contributed by atoms with Crippen LogP contribution in [0.4, 0.5) is 0 Å². The number of aliphatic hydroxyl groups is 1. The second kappa shape index (κ2) is 2.13. The van der Waals surface area contributed by atoms with Crippen molar-refractivity contribution in [1.82, 2.24) is 0 Å². The van der Waals surface area contributed by atoms with E-state index in [0.717, 1.165) is 6.92 Å². The number of Topliss-reactive ketones (excluding diaryl/α,β-unsaturated/α-hetero) is 1. The highest BCUT2D eigenvalue weighted by atomic mass is 16.6. The maximum absolute atomic E-state index is 10.6. The number of ketones is 1. The topological polar surface area (TPSA) is 80.7 Å². The molecule has 1 atom stereocenters. The number of hydrogen-bond donors (Lipinski definition) is 1. The first-order chi connectivity index (χ1) is 4.97. The Morgan fingerprint density at radius 3 is 2.36 bits per heavy atom. The van der Waals surface area contributed by atoms with Crippen LogP contribution in [0.2, 0.25) is 0 Å². The van der Waals surface area contributed by atoms with Crippen molar-refractivity contribution in [2.75, 3.05) is 0 Å². The molecule has 0 bridgehead atoms. The van der Waals surface area contributed by atoms with Gasteiger partial charge in [0.25, 0.3) is 0 Å². The van der Waals surface area contributed by atoms with Crippen molar-refractivity contribution in [3.05, 3.63) is 0 Å². The van der Waals surface area contributed by atoms with Crippen LogP contribution >= 0.6 is 0 Å². The number of carbonyl (C=O) groups is 3. The molecule has 11 heavy (non-hydrogen) atoms. The molecule has 1 aliphatic heterocycles. The third kappa shape index (κ3) is 1.03. The van der Waals surface area contributed by atoms with Crippen LogP contribution in [0.5, 0.6) is 0 Å². The summed E-state index contributed by atoms with van der Waals surface area (Å²) in [6.45, 7) is 1.03. The third-order valence-corrected chi connectivity index (χ3v) is 1.53. The lowest BCUT2D eigenvalue weighted by molar-refractivity contribution is -0.161. The van der Waals surface area contributed by atoms with Crippen molar-refractivity contribution in [1.29, 1.82) is 0 Å². The highest BCUT2D eigenvalue weighted by molar-refractivity contribution is 6.14. The van der Waals surface area contributed by atoms with Gasteiger partial charge in [-0.25, -0.2) is 4.79 Å². The zero-order valence-corrected chi connectivity index (χ0v) is 5.79. The lowest BCUT2D eigenvalue weighted by Crippen LogP contribution is -2.41. The quantitative estimate of drug-likeness (QED) is 0.382. The Morgan fingerprint density at radius 2 is 2.18 bits per heavy atom. The molecule has 0 amide bonds. The molecular formula is C6H6O5. The van der Waals surface area contributed by atoms with Crippen molar-refractivity contribution < 1.29 is 24.2 Å². The van der Waals surface area contributed by atoms with Crippen LogP contribution in [0, 0.1) is 0 Å². The van der Waals surface area contributed by atoms with Gasteiger partial charge in [0.2, 0.25) is 5.60 Å². The number of cyclic esters (lactones) is 2.